The van der Waals surface area contributed by atoms with Crippen LogP contribution >= 0.6 is 0 Å². The molecule has 4 heterocycles. The minimum Gasteiger partial charge on any atom is -0.493 e. The van der Waals surface area contributed by atoms with Crippen molar-refractivity contribution in [1.82, 2.24) is 29.1 Å². The molecule has 6 rings (SSSR count). The summed E-state index contributed by atoms with van der Waals surface area (Å²) < 4.78 is 32.8. The Kier molecular flexibility index (Phi) is 4.18. The summed E-state index contributed by atoms with van der Waals surface area (Å²) in [6.07, 6.45) is 4.89. The van der Waals surface area contributed by atoms with Gasteiger partial charge in [0.15, 0.2) is 15.5 Å². The van der Waals surface area contributed by atoms with Crippen molar-refractivity contribution in [3.8, 4) is 11.7 Å². The molecule has 0 aliphatic carbocycles. The van der Waals surface area contributed by atoms with Crippen molar-refractivity contribution in [3.05, 3.63) is 71.0 Å². The Morgan fingerprint density at radius 3 is 2.85 bits per heavy atom. The first-order valence-corrected chi connectivity index (χ1v) is 12.2. The number of H-pyrrole nitrogens is 1. The van der Waals surface area contributed by atoms with Crippen LogP contribution in [-0.4, -0.2) is 50.4 Å². The molecule has 3 aromatic heterocycles. The fourth-order valence-corrected chi connectivity index (χ4v) is 4.93. The van der Waals surface area contributed by atoms with Crippen molar-refractivity contribution in [1.29, 1.82) is 0 Å². The largest absolute Gasteiger partial charge is 0.493 e. The highest BCUT2D eigenvalue weighted by molar-refractivity contribution is 7.90. The number of nitrogens with one attached hydrogen (secondary N) is 1. The number of imidazole rings is 2. The van der Waals surface area contributed by atoms with E-state index in [2.05, 4.69) is 15.0 Å². The molecule has 0 radical (unpaired) electrons. The summed E-state index contributed by atoms with van der Waals surface area (Å²) in [6, 6.07) is 12.2. The summed E-state index contributed by atoms with van der Waals surface area (Å²) >= 11 is 0. The van der Waals surface area contributed by atoms with Gasteiger partial charge in [-0.3, -0.25) is 9.13 Å². The van der Waals surface area contributed by atoms with E-state index in [4.69, 9.17) is 9.72 Å². The highest BCUT2D eigenvalue weighted by atomic mass is 32.2. The highest BCUT2D eigenvalue weighted by Crippen LogP contribution is 2.35. The van der Waals surface area contributed by atoms with Crippen molar-refractivity contribution in [2.75, 3.05) is 12.9 Å². The molecule has 2 aromatic carbocycles. The Hall–Kier alpha value is -3.99. The van der Waals surface area contributed by atoms with Crippen molar-refractivity contribution in [2.45, 2.75) is 17.4 Å². The number of hydrogen-bond donors (Lipinski definition) is 1. The number of aromatic nitrogens is 6. The van der Waals surface area contributed by atoms with Gasteiger partial charge in [-0.05, 0) is 24.3 Å². The first-order chi connectivity index (χ1) is 15.9. The number of rotatable bonds is 3. The molecule has 0 saturated carbocycles. The molecule has 0 saturated heterocycles. The van der Waals surface area contributed by atoms with Gasteiger partial charge in [0.25, 0.3) is 0 Å². The topological polar surface area (TPSA) is 125 Å². The molecule has 5 aromatic rings. The van der Waals surface area contributed by atoms with Gasteiger partial charge in [-0.25, -0.2) is 23.2 Å². The number of ether oxygens (including phenoxy) is 1. The first-order valence-electron chi connectivity index (χ1n) is 10.3. The van der Waals surface area contributed by atoms with Crippen LogP contribution in [0.3, 0.4) is 0 Å². The lowest BCUT2D eigenvalue weighted by Gasteiger charge is -2.26. The Morgan fingerprint density at radius 2 is 2.00 bits per heavy atom. The van der Waals surface area contributed by atoms with Crippen molar-refractivity contribution in [2.24, 2.45) is 0 Å². The van der Waals surface area contributed by atoms with E-state index in [-0.39, 0.29) is 16.6 Å². The molecule has 1 atom stereocenters. The van der Waals surface area contributed by atoms with Gasteiger partial charge in [-0.2, -0.15) is 4.98 Å². The van der Waals surface area contributed by atoms with Gasteiger partial charge < -0.3 is 9.72 Å². The third-order valence-electron chi connectivity index (χ3n) is 5.85. The molecule has 1 aliphatic heterocycles. The quantitative estimate of drug-likeness (QED) is 0.436. The van der Waals surface area contributed by atoms with Gasteiger partial charge in [-0.1, -0.05) is 18.2 Å². The van der Waals surface area contributed by atoms with Gasteiger partial charge >= 0.3 is 5.69 Å². The van der Waals surface area contributed by atoms with Crippen molar-refractivity contribution in [3.63, 3.8) is 0 Å². The molecule has 0 unspecified atom stereocenters. The van der Waals surface area contributed by atoms with Crippen LogP contribution in [0.4, 0.5) is 0 Å². The van der Waals surface area contributed by atoms with Gasteiger partial charge in [-0.15, -0.1) is 0 Å². The number of fused-ring (bicyclic) bond motifs is 3. The molecule has 0 spiro atoms. The molecule has 0 amide bonds. The molecule has 11 heteroatoms. The van der Waals surface area contributed by atoms with E-state index < -0.39 is 9.84 Å². The first kappa shape index (κ1) is 19.7. The molecule has 166 valence electrons. The van der Waals surface area contributed by atoms with Crippen LogP contribution in [0.5, 0.6) is 5.75 Å². The fraction of sp³-hybridized carbons (Fsp3) is 0.182. The number of hydrogen-bond acceptors (Lipinski definition) is 7. The zero-order valence-corrected chi connectivity index (χ0v) is 18.3. The predicted molar refractivity (Wildman–Crippen MR) is 121 cm³/mol. The van der Waals surface area contributed by atoms with Crippen LogP contribution in [0.25, 0.3) is 28.1 Å². The SMILES string of the molecule is CS(=O)(=O)c1ccc2c(c1)ncn2-c1ncc2[nH]c(=O)n([C@@H]3CCOc4ccccc43)c2n1. The molecule has 0 fully saturated rings. The minimum absolute atomic E-state index is 0.189. The normalized spacial score (nSPS) is 16.1. The molecular formula is C22H18N6O4S. The predicted octanol–water partition coefficient (Wildman–Crippen LogP) is 2.23. The van der Waals surface area contributed by atoms with Crippen LogP contribution in [0, 0.1) is 0 Å². The maximum absolute atomic E-state index is 12.9. The second-order valence-corrected chi connectivity index (χ2v) is 9.95. The van der Waals surface area contributed by atoms with Gasteiger partial charge in [0.2, 0.25) is 5.95 Å². The Bertz CT molecular complexity index is 1720. The summed E-state index contributed by atoms with van der Waals surface area (Å²) in [6.45, 7) is 0.494. The lowest BCUT2D eigenvalue weighted by molar-refractivity contribution is 0.256. The maximum Gasteiger partial charge on any atom is 0.328 e. The standard InChI is InChI=1S/C22H18N6O4S/c1-33(30,31)13-6-7-18-15(10-13)24-12-27(18)21-23-11-16-20(26-21)28(22(29)25-16)17-8-9-32-19-5-3-2-4-14(17)19/h2-7,10-12,17H,8-9H2,1H3,(H,25,29)/t17-/m1/s1. The summed E-state index contributed by atoms with van der Waals surface area (Å²) in [4.78, 5) is 29.4. The second-order valence-electron chi connectivity index (χ2n) is 7.94. The summed E-state index contributed by atoms with van der Waals surface area (Å²) in [7, 11) is -3.35. The van der Waals surface area contributed by atoms with Gasteiger partial charge in [0, 0.05) is 18.2 Å². The highest BCUT2D eigenvalue weighted by Gasteiger charge is 2.27. The van der Waals surface area contributed by atoms with Crippen molar-refractivity contribution < 1.29 is 13.2 Å². The van der Waals surface area contributed by atoms with E-state index in [0.717, 1.165) is 17.6 Å². The Morgan fingerprint density at radius 1 is 1.15 bits per heavy atom. The molecular weight excluding hydrogens is 444 g/mol. The van der Waals surface area contributed by atoms with Crippen LogP contribution in [0.1, 0.15) is 18.0 Å². The summed E-state index contributed by atoms with van der Waals surface area (Å²) in [5.74, 6) is 1.08. The average molecular weight is 462 g/mol. The molecule has 1 N–H and O–H groups in total. The van der Waals surface area contributed by atoms with Crippen LogP contribution in [-0.2, 0) is 9.84 Å². The third-order valence-corrected chi connectivity index (χ3v) is 6.96. The molecule has 33 heavy (non-hydrogen) atoms. The lowest BCUT2D eigenvalue weighted by atomic mass is 10.0. The Labute approximate surface area is 187 Å². The molecule has 0 bridgehead atoms. The van der Waals surface area contributed by atoms with E-state index >= 15 is 0 Å². The summed E-state index contributed by atoms with van der Waals surface area (Å²) in [5, 5.41) is 0. The monoisotopic (exact) mass is 462 g/mol. The second kappa shape index (κ2) is 7.01. The third kappa shape index (κ3) is 3.11. The van der Waals surface area contributed by atoms with Crippen LogP contribution in [0.15, 0.2) is 64.7 Å². The van der Waals surface area contributed by atoms with Crippen LogP contribution in [0.2, 0.25) is 0 Å². The molecule has 1 aliphatic rings. The number of aromatic amines is 1. The zero-order chi connectivity index (χ0) is 22.7. The van der Waals surface area contributed by atoms with E-state index in [1.165, 1.54) is 18.5 Å². The van der Waals surface area contributed by atoms with E-state index in [1.54, 1.807) is 21.4 Å². The number of benzene rings is 2. The number of para-hydroxylation sites is 1. The van der Waals surface area contributed by atoms with E-state index in [9.17, 15) is 13.2 Å². The maximum atomic E-state index is 12.9. The van der Waals surface area contributed by atoms with Crippen molar-refractivity contribution >= 4 is 32.0 Å². The molecule has 10 nitrogen and oxygen atoms in total. The lowest BCUT2D eigenvalue weighted by Crippen LogP contribution is -2.28. The Balaban J connectivity index is 1.51. The van der Waals surface area contributed by atoms with Gasteiger partial charge in [0.1, 0.15) is 17.6 Å². The summed E-state index contributed by atoms with van der Waals surface area (Å²) in [5.41, 5.74) is 2.81. The number of sulfone groups is 1. The van der Waals surface area contributed by atoms with Crippen LogP contribution < -0.4 is 10.4 Å². The zero-order valence-electron chi connectivity index (χ0n) is 17.5. The van der Waals surface area contributed by atoms with E-state index in [0.29, 0.717) is 41.2 Å². The average Bonchev–Trinajstić information content (AvgIpc) is 3.37. The van der Waals surface area contributed by atoms with E-state index in [1.807, 2.05) is 24.3 Å². The number of nitrogens with zero attached hydrogens (tertiary/aromatic N) is 5. The fourth-order valence-electron chi connectivity index (χ4n) is 4.29. The van der Waals surface area contributed by atoms with Gasteiger partial charge in [0.05, 0.1) is 34.8 Å². The smallest absolute Gasteiger partial charge is 0.328 e. The minimum atomic E-state index is -3.35.